The Hall–Kier alpha value is -0.120. The summed E-state index contributed by atoms with van der Waals surface area (Å²) < 4.78 is 5.69. The lowest BCUT2D eigenvalue weighted by Crippen LogP contribution is -2.64. The van der Waals surface area contributed by atoms with Crippen LogP contribution < -0.4 is 5.32 Å². The zero-order chi connectivity index (χ0) is 11.6. The molecule has 0 bridgehead atoms. The lowest BCUT2D eigenvalue weighted by atomic mass is 9.89. The standard InChI is InChI=1S/C13H26N2O/c1-4-12-9-15(11(2)8-14-12)13(3)6-5-7-16-10-13/h11-12,14H,4-10H2,1-3H3. The molecule has 3 atom stereocenters. The minimum Gasteiger partial charge on any atom is -0.380 e. The molecule has 0 aromatic rings. The van der Waals surface area contributed by atoms with Crippen LogP contribution in [0.25, 0.3) is 0 Å². The molecule has 94 valence electrons. The summed E-state index contributed by atoms with van der Waals surface area (Å²) in [4.78, 5) is 2.68. The smallest absolute Gasteiger partial charge is 0.0647 e. The molecule has 3 unspecified atom stereocenters. The van der Waals surface area contributed by atoms with E-state index in [0.717, 1.165) is 19.8 Å². The van der Waals surface area contributed by atoms with Crippen LogP contribution in [0.15, 0.2) is 0 Å². The van der Waals surface area contributed by atoms with Gasteiger partial charge in [0.25, 0.3) is 0 Å². The van der Waals surface area contributed by atoms with Crippen molar-refractivity contribution in [1.29, 1.82) is 0 Å². The lowest BCUT2D eigenvalue weighted by molar-refractivity contribution is -0.0681. The average molecular weight is 226 g/mol. The maximum atomic E-state index is 5.69. The first-order valence-corrected chi connectivity index (χ1v) is 6.73. The second kappa shape index (κ2) is 5.03. The Morgan fingerprint density at radius 2 is 2.31 bits per heavy atom. The van der Waals surface area contributed by atoms with Gasteiger partial charge in [0.15, 0.2) is 0 Å². The maximum absolute atomic E-state index is 5.69. The van der Waals surface area contributed by atoms with E-state index < -0.39 is 0 Å². The molecule has 0 radical (unpaired) electrons. The van der Waals surface area contributed by atoms with E-state index in [1.807, 2.05) is 0 Å². The van der Waals surface area contributed by atoms with Crippen molar-refractivity contribution in [3.8, 4) is 0 Å². The van der Waals surface area contributed by atoms with Crippen LogP contribution in [0.1, 0.15) is 40.0 Å². The molecular formula is C13H26N2O. The molecule has 0 amide bonds. The van der Waals surface area contributed by atoms with Crippen LogP contribution in [0.4, 0.5) is 0 Å². The van der Waals surface area contributed by atoms with Gasteiger partial charge in [-0.15, -0.1) is 0 Å². The summed E-state index contributed by atoms with van der Waals surface area (Å²) in [5.41, 5.74) is 0.271. The van der Waals surface area contributed by atoms with E-state index in [1.54, 1.807) is 0 Å². The molecule has 2 aliphatic heterocycles. The van der Waals surface area contributed by atoms with E-state index in [1.165, 1.54) is 25.8 Å². The normalized spacial score (nSPS) is 42.2. The summed E-state index contributed by atoms with van der Waals surface area (Å²) in [6.45, 7) is 11.1. The molecule has 2 fully saturated rings. The molecule has 0 saturated carbocycles. The van der Waals surface area contributed by atoms with E-state index in [0.29, 0.717) is 12.1 Å². The van der Waals surface area contributed by atoms with Gasteiger partial charge < -0.3 is 10.1 Å². The fourth-order valence-electron chi connectivity index (χ4n) is 3.10. The van der Waals surface area contributed by atoms with Gasteiger partial charge in [-0.1, -0.05) is 6.92 Å². The second-order valence-corrected chi connectivity index (χ2v) is 5.67. The van der Waals surface area contributed by atoms with Crippen molar-refractivity contribution < 1.29 is 4.74 Å². The molecule has 2 rings (SSSR count). The van der Waals surface area contributed by atoms with Gasteiger partial charge in [-0.05, 0) is 33.1 Å². The van der Waals surface area contributed by atoms with E-state index in [4.69, 9.17) is 4.74 Å². The summed E-state index contributed by atoms with van der Waals surface area (Å²) in [5.74, 6) is 0. The third-order valence-electron chi connectivity index (χ3n) is 4.25. The van der Waals surface area contributed by atoms with Crippen molar-refractivity contribution >= 4 is 0 Å². The molecule has 2 saturated heterocycles. The van der Waals surface area contributed by atoms with Crippen LogP contribution >= 0.6 is 0 Å². The highest BCUT2D eigenvalue weighted by atomic mass is 16.5. The van der Waals surface area contributed by atoms with Crippen molar-refractivity contribution in [3.63, 3.8) is 0 Å². The topological polar surface area (TPSA) is 24.5 Å². The zero-order valence-electron chi connectivity index (χ0n) is 11.0. The quantitative estimate of drug-likeness (QED) is 0.774. The lowest BCUT2D eigenvalue weighted by Gasteiger charge is -2.50. The Labute approximate surface area is 99.5 Å². The summed E-state index contributed by atoms with van der Waals surface area (Å²) >= 11 is 0. The Morgan fingerprint density at radius 1 is 1.50 bits per heavy atom. The monoisotopic (exact) mass is 226 g/mol. The number of hydrogen-bond acceptors (Lipinski definition) is 3. The summed E-state index contributed by atoms with van der Waals surface area (Å²) in [7, 11) is 0. The number of nitrogens with one attached hydrogen (secondary N) is 1. The van der Waals surface area contributed by atoms with Gasteiger partial charge in [0.05, 0.1) is 6.61 Å². The van der Waals surface area contributed by atoms with E-state index >= 15 is 0 Å². The zero-order valence-corrected chi connectivity index (χ0v) is 11.0. The molecule has 0 aromatic heterocycles. The molecule has 0 aliphatic carbocycles. The predicted octanol–water partition coefficient (Wildman–Crippen LogP) is 1.63. The molecular weight excluding hydrogens is 200 g/mol. The van der Waals surface area contributed by atoms with Gasteiger partial charge >= 0.3 is 0 Å². The van der Waals surface area contributed by atoms with Crippen molar-refractivity contribution in [2.75, 3.05) is 26.3 Å². The van der Waals surface area contributed by atoms with Gasteiger partial charge in [0.1, 0.15) is 0 Å². The number of rotatable bonds is 2. The first-order chi connectivity index (χ1) is 7.65. The number of piperazine rings is 1. The van der Waals surface area contributed by atoms with Crippen molar-refractivity contribution in [3.05, 3.63) is 0 Å². The van der Waals surface area contributed by atoms with Gasteiger partial charge in [0.2, 0.25) is 0 Å². The van der Waals surface area contributed by atoms with Crippen LogP contribution in [0.2, 0.25) is 0 Å². The van der Waals surface area contributed by atoms with Gasteiger partial charge in [-0.2, -0.15) is 0 Å². The Bertz CT molecular complexity index is 226. The van der Waals surface area contributed by atoms with E-state index in [9.17, 15) is 0 Å². The van der Waals surface area contributed by atoms with Crippen LogP contribution in [0.3, 0.4) is 0 Å². The van der Waals surface area contributed by atoms with E-state index in [2.05, 4.69) is 31.0 Å². The second-order valence-electron chi connectivity index (χ2n) is 5.67. The van der Waals surface area contributed by atoms with Crippen LogP contribution in [-0.2, 0) is 4.74 Å². The summed E-state index contributed by atoms with van der Waals surface area (Å²) in [6.07, 6.45) is 3.72. The Kier molecular flexibility index (Phi) is 3.88. The largest absolute Gasteiger partial charge is 0.380 e. The van der Waals surface area contributed by atoms with Gasteiger partial charge in [-0.3, -0.25) is 4.90 Å². The highest BCUT2D eigenvalue weighted by molar-refractivity contribution is 4.96. The third-order valence-corrected chi connectivity index (χ3v) is 4.25. The van der Waals surface area contributed by atoms with Crippen molar-refractivity contribution in [2.45, 2.75) is 57.7 Å². The Morgan fingerprint density at radius 3 is 2.94 bits per heavy atom. The maximum Gasteiger partial charge on any atom is 0.0647 e. The third kappa shape index (κ3) is 2.41. The molecule has 0 aromatic carbocycles. The van der Waals surface area contributed by atoms with Crippen LogP contribution in [0, 0.1) is 0 Å². The molecule has 1 N–H and O–H groups in total. The molecule has 3 heteroatoms. The molecule has 2 aliphatic rings. The minimum absolute atomic E-state index is 0.271. The number of ether oxygens (including phenoxy) is 1. The van der Waals surface area contributed by atoms with Crippen molar-refractivity contribution in [1.82, 2.24) is 10.2 Å². The summed E-state index contributed by atoms with van der Waals surface area (Å²) in [6, 6.07) is 1.30. The Balaban J connectivity index is 2.04. The SMILES string of the molecule is CCC1CN(C2(C)CCCOC2)C(C)CN1. The first-order valence-electron chi connectivity index (χ1n) is 6.73. The predicted molar refractivity (Wildman–Crippen MR) is 66.7 cm³/mol. The molecule has 3 nitrogen and oxygen atoms in total. The van der Waals surface area contributed by atoms with Crippen molar-refractivity contribution in [2.24, 2.45) is 0 Å². The fourth-order valence-corrected chi connectivity index (χ4v) is 3.10. The van der Waals surface area contributed by atoms with E-state index in [-0.39, 0.29) is 5.54 Å². The highest BCUT2D eigenvalue weighted by Gasteiger charge is 2.39. The molecule has 2 heterocycles. The number of nitrogens with zero attached hydrogens (tertiary/aromatic N) is 1. The summed E-state index contributed by atoms with van der Waals surface area (Å²) in [5, 5.41) is 3.62. The average Bonchev–Trinajstić information content (AvgIpc) is 2.30. The fraction of sp³-hybridized carbons (Fsp3) is 1.00. The first kappa shape index (κ1) is 12.3. The van der Waals surface area contributed by atoms with Gasteiger partial charge in [-0.25, -0.2) is 0 Å². The molecule has 0 spiro atoms. The highest BCUT2D eigenvalue weighted by Crippen LogP contribution is 2.29. The van der Waals surface area contributed by atoms with Crippen LogP contribution in [0.5, 0.6) is 0 Å². The minimum atomic E-state index is 0.271. The van der Waals surface area contributed by atoms with Crippen LogP contribution in [-0.4, -0.2) is 48.8 Å². The number of hydrogen-bond donors (Lipinski definition) is 1. The molecule has 16 heavy (non-hydrogen) atoms. The van der Waals surface area contributed by atoms with Gasteiger partial charge in [0, 0.05) is 37.3 Å².